The van der Waals surface area contributed by atoms with Gasteiger partial charge in [0.05, 0.1) is 34.7 Å². The lowest BCUT2D eigenvalue weighted by Crippen LogP contribution is -2.51. The first-order valence-corrected chi connectivity index (χ1v) is 10.5. The van der Waals surface area contributed by atoms with Crippen LogP contribution in [0, 0.1) is 5.41 Å². The standard InChI is InChI=1S/C23H27N7O/c1-22(2)19(6-7-23(22,3)25)28-20-16(21(24)31)11-27-30-12-15(9-18(20)30)13-4-5-17-14(8-13)10-26-29-17/h4-5,8-12,19,28H,6-7,25H2,1-3H3,(H2,24,31)(H,26,29)/t19-,23+/m1/s1. The third kappa shape index (κ3) is 2.97. The smallest absolute Gasteiger partial charge is 0.252 e. The Labute approximate surface area is 180 Å². The summed E-state index contributed by atoms with van der Waals surface area (Å²) in [5.41, 5.74) is 16.7. The zero-order valence-electron chi connectivity index (χ0n) is 17.9. The van der Waals surface area contributed by atoms with Gasteiger partial charge in [0, 0.05) is 34.1 Å². The Kier molecular flexibility index (Phi) is 4.14. The maximum Gasteiger partial charge on any atom is 0.252 e. The maximum absolute atomic E-state index is 12.2. The zero-order valence-corrected chi connectivity index (χ0v) is 17.9. The number of hydrogen-bond donors (Lipinski definition) is 4. The second kappa shape index (κ2) is 6.55. The Bertz CT molecular complexity index is 1310. The van der Waals surface area contributed by atoms with Crippen LogP contribution >= 0.6 is 0 Å². The summed E-state index contributed by atoms with van der Waals surface area (Å²) in [4.78, 5) is 12.2. The predicted octanol–water partition coefficient (Wildman–Crippen LogP) is 3.29. The molecule has 6 N–H and O–H groups in total. The van der Waals surface area contributed by atoms with Crippen molar-refractivity contribution in [1.82, 2.24) is 19.8 Å². The van der Waals surface area contributed by atoms with Gasteiger partial charge in [0.2, 0.25) is 0 Å². The Morgan fingerprint density at radius 3 is 2.74 bits per heavy atom. The van der Waals surface area contributed by atoms with Crippen molar-refractivity contribution in [3.63, 3.8) is 0 Å². The largest absolute Gasteiger partial charge is 0.379 e. The summed E-state index contributed by atoms with van der Waals surface area (Å²) in [5.74, 6) is -0.508. The molecule has 0 radical (unpaired) electrons. The van der Waals surface area contributed by atoms with Gasteiger partial charge in [-0.25, -0.2) is 4.52 Å². The highest BCUT2D eigenvalue weighted by atomic mass is 16.1. The second-order valence-corrected chi connectivity index (χ2v) is 9.40. The summed E-state index contributed by atoms with van der Waals surface area (Å²) in [7, 11) is 0. The lowest BCUT2D eigenvalue weighted by Gasteiger charge is -2.39. The lowest BCUT2D eigenvalue weighted by atomic mass is 9.75. The molecule has 8 heteroatoms. The highest BCUT2D eigenvalue weighted by molar-refractivity contribution is 6.02. The Morgan fingerprint density at radius 1 is 1.23 bits per heavy atom. The van der Waals surface area contributed by atoms with E-state index < -0.39 is 5.91 Å². The molecule has 160 valence electrons. The van der Waals surface area contributed by atoms with Gasteiger partial charge in [-0.05, 0) is 43.5 Å². The summed E-state index contributed by atoms with van der Waals surface area (Å²) < 4.78 is 1.78. The van der Waals surface area contributed by atoms with Gasteiger partial charge in [-0.15, -0.1) is 0 Å². The van der Waals surface area contributed by atoms with E-state index in [4.69, 9.17) is 11.5 Å². The molecule has 1 fully saturated rings. The van der Waals surface area contributed by atoms with E-state index in [1.54, 1.807) is 10.7 Å². The first-order chi connectivity index (χ1) is 14.7. The Hall–Kier alpha value is -3.39. The minimum absolute atomic E-state index is 0.104. The van der Waals surface area contributed by atoms with Crippen LogP contribution in [-0.4, -0.2) is 37.3 Å². The molecule has 0 unspecified atom stereocenters. The molecule has 0 saturated heterocycles. The fraction of sp³-hybridized carbons (Fsp3) is 0.348. The van der Waals surface area contributed by atoms with Gasteiger partial charge in [0.25, 0.3) is 5.91 Å². The highest BCUT2D eigenvalue weighted by Crippen LogP contribution is 2.46. The van der Waals surface area contributed by atoms with E-state index in [1.807, 2.05) is 24.4 Å². The number of anilines is 1. The van der Waals surface area contributed by atoms with E-state index in [-0.39, 0.29) is 17.0 Å². The molecule has 4 aromatic rings. The number of rotatable bonds is 4. The third-order valence-electron chi connectivity index (χ3n) is 7.29. The van der Waals surface area contributed by atoms with Crippen molar-refractivity contribution in [3.05, 3.63) is 48.4 Å². The van der Waals surface area contributed by atoms with E-state index in [2.05, 4.69) is 47.5 Å². The molecule has 31 heavy (non-hydrogen) atoms. The minimum Gasteiger partial charge on any atom is -0.379 e. The number of nitrogens with zero attached hydrogens (tertiary/aromatic N) is 3. The minimum atomic E-state index is -0.508. The summed E-state index contributed by atoms with van der Waals surface area (Å²) >= 11 is 0. The molecular formula is C23H27N7O. The molecule has 1 aliphatic carbocycles. The number of aromatic nitrogens is 4. The number of aromatic amines is 1. The average molecular weight is 418 g/mol. The number of nitrogens with one attached hydrogen (secondary N) is 2. The molecule has 1 aliphatic rings. The number of carbonyl (C=O) groups excluding carboxylic acids is 1. The molecule has 0 bridgehead atoms. The van der Waals surface area contributed by atoms with Gasteiger partial charge in [0.15, 0.2) is 0 Å². The Balaban J connectivity index is 1.62. The number of primary amides is 1. The summed E-state index contributed by atoms with van der Waals surface area (Å²) in [5, 5.41) is 16.1. The van der Waals surface area contributed by atoms with Crippen molar-refractivity contribution in [2.24, 2.45) is 16.9 Å². The van der Waals surface area contributed by atoms with Crippen molar-refractivity contribution in [2.75, 3.05) is 5.32 Å². The molecule has 1 saturated carbocycles. The second-order valence-electron chi connectivity index (χ2n) is 9.40. The number of hydrogen-bond acceptors (Lipinski definition) is 5. The van der Waals surface area contributed by atoms with E-state index in [0.717, 1.165) is 40.4 Å². The molecule has 0 spiro atoms. The van der Waals surface area contributed by atoms with Crippen LogP contribution in [0.25, 0.3) is 27.5 Å². The highest BCUT2D eigenvalue weighted by Gasteiger charge is 2.49. The molecule has 0 aliphatic heterocycles. The van der Waals surface area contributed by atoms with Crippen molar-refractivity contribution in [2.45, 2.75) is 45.2 Å². The number of fused-ring (bicyclic) bond motifs is 2. The first-order valence-electron chi connectivity index (χ1n) is 10.5. The normalized spacial score (nSPS) is 22.9. The van der Waals surface area contributed by atoms with Gasteiger partial charge in [-0.3, -0.25) is 9.89 Å². The van der Waals surface area contributed by atoms with Crippen LogP contribution in [0.1, 0.15) is 44.0 Å². The molecule has 1 aromatic carbocycles. The van der Waals surface area contributed by atoms with Crippen molar-refractivity contribution in [3.8, 4) is 11.1 Å². The number of H-pyrrole nitrogens is 1. The fourth-order valence-corrected chi connectivity index (χ4v) is 4.63. The van der Waals surface area contributed by atoms with Crippen LogP contribution in [0.3, 0.4) is 0 Å². The molecule has 1 amide bonds. The topological polar surface area (TPSA) is 127 Å². The van der Waals surface area contributed by atoms with Crippen molar-refractivity contribution in [1.29, 1.82) is 0 Å². The summed E-state index contributed by atoms with van der Waals surface area (Å²) in [6, 6.07) is 8.26. The summed E-state index contributed by atoms with van der Waals surface area (Å²) in [6.07, 6.45) is 7.11. The van der Waals surface area contributed by atoms with E-state index in [0.29, 0.717) is 11.3 Å². The number of carbonyl (C=O) groups is 1. The van der Waals surface area contributed by atoms with E-state index in [1.165, 1.54) is 6.20 Å². The zero-order chi connectivity index (χ0) is 22.0. The van der Waals surface area contributed by atoms with Crippen LogP contribution in [0.4, 0.5) is 5.69 Å². The van der Waals surface area contributed by atoms with Crippen LogP contribution in [0.5, 0.6) is 0 Å². The molecule has 3 heterocycles. The monoisotopic (exact) mass is 417 g/mol. The Morgan fingerprint density at radius 2 is 2.03 bits per heavy atom. The van der Waals surface area contributed by atoms with Crippen molar-refractivity contribution >= 4 is 28.0 Å². The van der Waals surface area contributed by atoms with Crippen LogP contribution < -0.4 is 16.8 Å². The lowest BCUT2D eigenvalue weighted by molar-refractivity contribution is 0.100. The van der Waals surface area contributed by atoms with Crippen LogP contribution in [-0.2, 0) is 0 Å². The molecule has 2 atom stereocenters. The molecule has 3 aromatic heterocycles. The fourth-order valence-electron chi connectivity index (χ4n) is 4.63. The summed E-state index contributed by atoms with van der Waals surface area (Å²) in [6.45, 7) is 6.43. The van der Waals surface area contributed by atoms with Gasteiger partial charge in [-0.1, -0.05) is 19.9 Å². The SMILES string of the molecule is CC1(C)[C@H](Nc2c(C(N)=O)cnn3cc(-c4ccc5[nH]ncc5c4)cc23)CC[C@]1(C)N. The third-order valence-corrected chi connectivity index (χ3v) is 7.29. The average Bonchev–Trinajstić information content (AvgIpc) is 3.40. The van der Waals surface area contributed by atoms with Gasteiger partial charge < -0.3 is 16.8 Å². The predicted molar refractivity (Wildman–Crippen MR) is 122 cm³/mol. The van der Waals surface area contributed by atoms with Gasteiger partial charge >= 0.3 is 0 Å². The molecule has 5 rings (SSSR count). The quantitative estimate of drug-likeness (QED) is 0.405. The van der Waals surface area contributed by atoms with E-state index >= 15 is 0 Å². The van der Waals surface area contributed by atoms with Crippen molar-refractivity contribution < 1.29 is 4.79 Å². The first kappa shape index (κ1) is 19.6. The maximum atomic E-state index is 12.2. The number of amides is 1. The number of benzene rings is 1. The van der Waals surface area contributed by atoms with Gasteiger partial charge in [-0.2, -0.15) is 10.2 Å². The molecular weight excluding hydrogens is 390 g/mol. The number of nitrogens with two attached hydrogens (primary N) is 2. The van der Waals surface area contributed by atoms with Gasteiger partial charge in [0.1, 0.15) is 0 Å². The van der Waals surface area contributed by atoms with E-state index in [9.17, 15) is 4.79 Å². The van der Waals surface area contributed by atoms with Crippen LogP contribution in [0.15, 0.2) is 42.9 Å². The van der Waals surface area contributed by atoms with Crippen LogP contribution in [0.2, 0.25) is 0 Å². The molecule has 8 nitrogen and oxygen atoms in total.